The highest BCUT2D eigenvalue weighted by atomic mass is 32.2. The Labute approximate surface area is 179 Å². The molecule has 3 N–H and O–H groups in total. The zero-order valence-electron chi connectivity index (χ0n) is 16.1. The number of hydrogen-bond acceptors (Lipinski definition) is 6. The Kier molecular flexibility index (Phi) is 5.65. The highest BCUT2D eigenvalue weighted by molar-refractivity contribution is 8.13. The van der Waals surface area contributed by atoms with E-state index in [1.807, 2.05) is 0 Å². The van der Waals surface area contributed by atoms with Gasteiger partial charge in [0.2, 0.25) is 0 Å². The molecule has 2 aliphatic rings. The van der Waals surface area contributed by atoms with Crippen LogP contribution in [-0.2, 0) is 16.5 Å². The lowest BCUT2D eigenvalue weighted by atomic mass is 9.76. The first-order valence-electron chi connectivity index (χ1n) is 9.39. The van der Waals surface area contributed by atoms with Crippen molar-refractivity contribution in [1.82, 2.24) is 4.98 Å². The number of anilines is 1. The molecule has 1 amide bonds. The number of fused-ring (bicyclic) bond motifs is 1. The van der Waals surface area contributed by atoms with Crippen LogP contribution in [-0.4, -0.2) is 35.0 Å². The van der Waals surface area contributed by atoms with Crippen molar-refractivity contribution in [3.63, 3.8) is 0 Å². The molecule has 0 spiro atoms. The van der Waals surface area contributed by atoms with Crippen LogP contribution in [0.15, 0.2) is 41.5 Å². The fourth-order valence-electron chi connectivity index (χ4n) is 3.75. The topological polar surface area (TPSA) is 89.6 Å². The van der Waals surface area contributed by atoms with E-state index in [0.717, 1.165) is 12.1 Å². The van der Waals surface area contributed by atoms with Crippen LogP contribution in [0.5, 0.6) is 0 Å². The molecule has 2 atom stereocenters. The number of amidine groups is 1. The molecule has 11 heteroatoms. The standard InChI is InChI=1S/C20H18F4N4O2S/c21-15-3-2-13(27-17(29)16-4-1-11(8-26-16)20(22,23)24)7-14(15)19-10-30-6-5-12(19)9-31-18(25)28-19/h1-4,7-8,12H,5-6,9-10H2,(H2,25,28)(H,27,29). The van der Waals surface area contributed by atoms with Crippen molar-refractivity contribution in [2.24, 2.45) is 16.6 Å². The second-order valence-corrected chi connectivity index (χ2v) is 8.34. The zero-order valence-corrected chi connectivity index (χ0v) is 16.9. The minimum Gasteiger partial charge on any atom is -0.379 e. The molecule has 2 aliphatic heterocycles. The summed E-state index contributed by atoms with van der Waals surface area (Å²) in [6, 6.07) is 5.79. The summed E-state index contributed by atoms with van der Waals surface area (Å²) in [7, 11) is 0. The number of nitrogens with two attached hydrogens (primary N) is 1. The number of ether oxygens (including phenoxy) is 1. The van der Waals surface area contributed by atoms with Gasteiger partial charge in [-0.1, -0.05) is 11.8 Å². The Balaban J connectivity index is 1.62. The molecule has 1 fully saturated rings. The van der Waals surface area contributed by atoms with Crippen LogP contribution >= 0.6 is 11.8 Å². The Morgan fingerprint density at radius 2 is 2.10 bits per heavy atom. The second-order valence-electron chi connectivity index (χ2n) is 7.30. The fourth-order valence-corrected chi connectivity index (χ4v) is 4.80. The van der Waals surface area contributed by atoms with E-state index >= 15 is 0 Å². The molecule has 1 aromatic carbocycles. The number of pyridine rings is 1. The van der Waals surface area contributed by atoms with Crippen LogP contribution in [0, 0.1) is 11.7 Å². The Morgan fingerprint density at radius 3 is 2.81 bits per heavy atom. The van der Waals surface area contributed by atoms with Crippen LogP contribution in [0.25, 0.3) is 0 Å². The summed E-state index contributed by atoms with van der Waals surface area (Å²) < 4.78 is 58.5. The van der Waals surface area contributed by atoms with Crippen molar-refractivity contribution in [3.8, 4) is 0 Å². The maximum absolute atomic E-state index is 14.9. The number of rotatable bonds is 3. The first kappa shape index (κ1) is 21.6. The fraction of sp³-hybridized carbons (Fsp3) is 0.350. The van der Waals surface area contributed by atoms with E-state index in [2.05, 4.69) is 15.3 Å². The average molecular weight is 454 g/mol. The van der Waals surface area contributed by atoms with Gasteiger partial charge in [0.15, 0.2) is 5.17 Å². The number of aromatic nitrogens is 1. The molecular formula is C20H18F4N4O2S. The number of amides is 1. The van der Waals surface area contributed by atoms with E-state index in [0.29, 0.717) is 30.1 Å². The molecule has 164 valence electrons. The van der Waals surface area contributed by atoms with Crippen molar-refractivity contribution in [3.05, 3.63) is 59.2 Å². The van der Waals surface area contributed by atoms with Gasteiger partial charge < -0.3 is 15.8 Å². The molecule has 1 aromatic heterocycles. The predicted molar refractivity (Wildman–Crippen MR) is 108 cm³/mol. The van der Waals surface area contributed by atoms with Gasteiger partial charge in [-0.3, -0.25) is 9.78 Å². The first-order chi connectivity index (χ1) is 14.7. The Hall–Kier alpha value is -2.66. The van der Waals surface area contributed by atoms with Gasteiger partial charge >= 0.3 is 6.18 Å². The van der Waals surface area contributed by atoms with Gasteiger partial charge in [0.25, 0.3) is 5.91 Å². The molecule has 0 bridgehead atoms. The summed E-state index contributed by atoms with van der Waals surface area (Å²) in [4.78, 5) is 20.6. The van der Waals surface area contributed by atoms with E-state index in [1.54, 1.807) is 0 Å². The lowest BCUT2D eigenvalue weighted by Gasteiger charge is -2.43. The number of halogens is 4. The Bertz CT molecular complexity index is 1030. The maximum Gasteiger partial charge on any atom is 0.417 e. The summed E-state index contributed by atoms with van der Waals surface area (Å²) in [6.07, 6.45) is -3.27. The number of carbonyl (C=O) groups excluding carboxylic acids is 1. The summed E-state index contributed by atoms with van der Waals surface area (Å²) in [5, 5.41) is 2.89. The molecule has 1 saturated heterocycles. The van der Waals surface area contributed by atoms with E-state index in [-0.39, 0.29) is 29.5 Å². The summed E-state index contributed by atoms with van der Waals surface area (Å²) >= 11 is 1.41. The van der Waals surface area contributed by atoms with Gasteiger partial charge in [0.1, 0.15) is 17.1 Å². The molecule has 0 aliphatic carbocycles. The summed E-state index contributed by atoms with van der Waals surface area (Å²) in [5.74, 6) is -0.549. The normalized spacial score (nSPS) is 23.6. The van der Waals surface area contributed by atoms with Crippen molar-refractivity contribution >= 4 is 28.5 Å². The van der Waals surface area contributed by atoms with Gasteiger partial charge in [-0.05, 0) is 36.8 Å². The van der Waals surface area contributed by atoms with E-state index < -0.39 is 29.0 Å². The summed E-state index contributed by atoms with van der Waals surface area (Å²) in [5.41, 5.74) is 4.28. The predicted octanol–water partition coefficient (Wildman–Crippen LogP) is 3.79. The van der Waals surface area contributed by atoms with Crippen molar-refractivity contribution in [2.75, 3.05) is 24.3 Å². The van der Waals surface area contributed by atoms with E-state index in [4.69, 9.17) is 10.5 Å². The van der Waals surface area contributed by atoms with E-state index in [1.165, 1.54) is 30.0 Å². The summed E-state index contributed by atoms with van der Waals surface area (Å²) in [6.45, 7) is 0.702. The third-order valence-corrected chi connectivity index (χ3v) is 6.32. The van der Waals surface area contributed by atoms with Crippen LogP contribution in [0.4, 0.5) is 23.2 Å². The van der Waals surface area contributed by atoms with Crippen LogP contribution < -0.4 is 11.1 Å². The Morgan fingerprint density at radius 1 is 1.29 bits per heavy atom. The largest absolute Gasteiger partial charge is 0.417 e. The number of hydrogen-bond donors (Lipinski definition) is 2. The van der Waals surface area contributed by atoms with Crippen molar-refractivity contribution in [1.29, 1.82) is 0 Å². The lowest BCUT2D eigenvalue weighted by Crippen LogP contribution is -2.48. The lowest BCUT2D eigenvalue weighted by molar-refractivity contribution is -0.137. The van der Waals surface area contributed by atoms with Crippen LogP contribution in [0.3, 0.4) is 0 Å². The van der Waals surface area contributed by atoms with Crippen molar-refractivity contribution in [2.45, 2.75) is 18.1 Å². The van der Waals surface area contributed by atoms with Gasteiger partial charge in [-0.15, -0.1) is 0 Å². The molecule has 2 unspecified atom stereocenters. The number of carbonyl (C=O) groups is 1. The molecule has 0 saturated carbocycles. The molecule has 31 heavy (non-hydrogen) atoms. The molecule has 2 aromatic rings. The highest BCUT2D eigenvalue weighted by Gasteiger charge is 2.47. The SMILES string of the molecule is NC1=NC2(c3cc(NC(=O)c4ccc(C(F)(F)F)cn4)ccc3F)COCCC2CS1. The third-order valence-electron chi connectivity index (χ3n) is 5.36. The van der Waals surface area contributed by atoms with Crippen LogP contribution in [0.1, 0.15) is 28.0 Å². The zero-order chi connectivity index (χ0) is 22.2. The number of thioether (sulfide) groups is 1. The number of benzene rings is 1. The van der Waals surface area contributed by atoms with Gasteiger partial charge in [-0.2, -0.15) is 13.2 Å². The average Bonchev–Trinajstić information content (AvgIpc) is 2.74. The number of aliphatic imine (C=N–C) groups is 1. The molecule has 6 nitrogen and oxygen atoms in total. The quantitative estimate of drug-likeness (QED) is 0.689. The number of nitrogens with one attached hydrogen (secondary N) is 1. The smallest absolute Gasteiger partial charge is 0.379 e. The van der Waals surface area contributed by atoms with E-state index in [9.17, 15) is 22.4 Å². The molecule has 3 heterocycles. The molecular weight excluding hydrogens is 436 g/mol. The van der Waals surface area contributed by atoms with Crippen molar-refractivity contribution < 1.29 is 27.1 Å². The molecule has 0 radical (unpaired) electrons. The van der Waals surface area contributed by atoms with Gasteiger partial charge in [0, 0.05) is 35.7 Å². The first-order valence-corrected chi connectivity index (χ1v) is 10.4. The maximum atomic E-state index is 14.9. The second kappa shape index (κ2) is 8.12. The minimum absolute atomic E-state index is 0.00980. The third kappa shape index (κ3) is 4.24. The molecule has 4 rings (SSSR count). The van der Waals surface area contributed by atoms with Gasteiger partial charge in [-0.25, -0.2) is 9.38 Å². The number of nitrogens with zero attached hydrogens (tertiary/aromatic N) is 2. The van der Waals surface area contributed by atoms with Gasteiger partial charge in [0.05, 0.1) is 12.2 Å². The van der Waals surface area contributed by atoms with Crippen LogP contribution in [0.2, 0.25) is 0 Å². The highest BCUT2D eigenvalue weighted by Crippen LogP contribution is 2.45. The number of alkyl halides is 3. The monoisotopic (exact) mass is 454 g/mol. The minimum atomic E-state index is -4.55.